The Bertz CT molecular complexity index is 5070. The first-order chi connectivity index (χ1) is 54.7. The summed E-state index contributed by atoms with van der Waals surface area (Å²) < 4.78 is 27.7. The number of ether oxygens (including phenoxy) is 5. The van der Waals surface area contributed by atoms with Crippen LogP contribution in [0.3, 0.4) is 0 Å². The topological polar surface area (TPSA) is 263 Å². The number of hydrogen-bond donors (Lipinski definition) is 5. The van der Waals surface area contributed by atoms with Gasteiger partial charge in [0.05, 0.1) is 36.5 Å². The molecule has 9 aromatic carbocycles. The van der Waals surface area contributed by atoms with Gasteiger partial charge in [-0.05, 0) is 165 Å². The minimum atomic E-state index is -0.768. The Hall–Kier alpha value is -11.4. The third-order valence-electron chi connectivity index (χ3n) is 19.7. The van der Waals surface area contributed by atoms with E-state index in [1.165, 1.54) is 56.1 Å². The molecular weight excluding hydrogens is 1430 g/mol. The number of aryl methyl sites for hydroxylation is 12. The van der Waals surface area contributed by atoms with E-state index in [1.54, 1.807) is 30.3 Å². The van der Waals surface area contributed by atoms with Gasteiger partial charge in [-0.25, -0.2) is 44.9 Å². The molecule has 3 unspecified atom stereocenters. The molecule has 0 spiro atoms. The van der Waals surface area contributed by atoms with Crippen molar-refractivity contribution in [2.45, 2.75) is 161 Å². The maximum Gasteiger partial charge on any atom is 0.167 e. The summed E-state index contributed by atoms with van der Waals surface area (Å²) in [5, 5.41) is 52.8. The van der Waals surface area contributed by atoms with Gasteiger partial charge >= 0.3 is 0 Å². The molecule has 114 heavy (non-hydrogen) atoms. The Labute approximate surface area is 671 Å². The Morgan fingerprint density at radius 2 is 0.544 bits per heavy atom. The predicted octanol–water partition coefficient (Wildman–Crippen LogP) is 20.4. The van der Waals surface area contributed by atoms with Gasteiger partial charge in [0.1, 0.15) is 59.9 Å². The van der Waals surface area contributed by atoms with E-state index in [2.05, 4.69) is 123 Å². The fourth-order valence-electron chi connectivity index (χ4n) is 13.2. The zero-order valence-electron chi connectivity index (χ0n) is 68.8. The highest BCUT2D eigenvalue weighted by atomic mass is 16.5. The van der Waals surface area contributed by atoms with Gasteiger partial charge in [0.2, 0.25) is 0 Å². The number of phenols is 3. The summed E-state index contributed by atoms with van der Waals surface area (Å²) in [6, 6.07) is 52.3. The number of aromatic hydroxyl groups is 3. The van der Waals surface area contributed by atoms with Gasteiger partial charge in [-0.15, -0.1) is 0 Å². The number of aliphatic hydroxyl groups excluding tert-OH is 2. The van der Waals surface area contributed by atoms with E-state index in [1.807, 2.05) is 102 Å². The van der Waals surface area contributed by atoms with Crippen molar-refractivity contribution in [1.29, 1.82) is 0 Å². The van der Waals surface area contributed by atoms with Crippen LogP contribution in [-0.4, -0.2) is 129 Å². The second kappa shape index (κ2) is 40.4. The van der Waals surface area contributed by atoms with E-state index in [4.69, 9.17) is 68.5 Å². The van der Waals surface area contributed by atoms with Crippen molar-refractivity contribution in [3.63, 3.8) is 0 Å². The van der Waals surface area contributed by atoms with Gasteiger partial charge in [-0.3, -0.25) is 0 Å². The SMILES string of the molecule is CCC(C)COCC(O)COc1ccc(-c2nc(-c3ccc(C)cc3C)nc(-c3ccc(C)cc3C)n2)c(O)c1.CCCCCCCCOc1ccc(-c2nc(-c3ccc(C)cc3C)nc(-c3ccc(C)cc3C)n2)c(O)c1.COCC(O)COc1ccc(-c2nc(-c3ccc(C)cc3C)nc(-c3ccc(C)cc3C)n2)c(O)c1. The fraction of sp³-hybridized carbons (Fsp3) is 0.337. The molecule has 3 heterocycles. The molecule has 0 aliphatic heterocycles. The normalized spacial score (nSPS) is 11.9. The van der Waals surface area contributed by atoms with Crippen molar-refractivity contribution >= 4 is 0 Å². The van der Waals surface area contributed by atoms with Crippen molar-refractivity contribution in [3.8, 4) is 137 Å². The summed E-state index contributed by atoms with van der Waals surface area (Å²) in [5.74, 6) is 6.47. The van der Waals surface area contributed by atoms with E-state index in [9.17, 15) is 25.5 Å². The standard InChI is InChI=1S/C33H39N3O4.C33H39N3O2.C29H31N3O4/c1-7-20(2)17-39-18-25(37)19-40-26-10-13-29(30(38)16-26)33-35-31(27-11-8-21(3)14-23(27)5)34-32(36-33)28-12-9-22(4)15-24(28)6;1-6-7-8-9-10-11-18-38-26-14-17-29(30(37)21-26)33-35-31(27-15-12-22(2)19-24(27)4)34-32(36-33)28-16-13-23(3)20-25(28)5;1-17-6-9-23(19(3)12-17)27-30-28(24-10-7-18(2)13-20(24)4)32-29(31-27)25-11-8-22(14-26(25)34)36-16-21(33)15-35-5/h8-16,20,25,37-38H,7,17-19H2,1-6H3;12-17,19-21,37H,6-11,18H2,1-5H3;6-14,21,33-34H,15-16H2,1-5H3. The second-order valence-corrected chi connectivity index (χ2v) is 29.9. The lowest BCUT2D eigenvalue weighted by Gasteiger charge is -2.15. The molecule has 0 saturated carbocycles. The lowest BCUT2D eigenvalue weighted by molar-refractivity contribution is 0.00189. The zero-order chi connectivity index (χ0) is 81.7. The van der Waals surface area contributed by atoms with E-state index in [-0.39, 0.29) is 43.7 Å². The average molecular weight is 1540 g/mol. The Balaban J connectivity index is 0.000000181. The van der Waals surface area contributed by atoms with Crippen LogP contribution < -0.4 is 14.2 Å². The molecular formula is C95H109N9O10. The van der Waals surface area contributed by atoms with Crippen molar-refractivity contribution in [2.24, 2.45) is 5.92 Å². The molecule has 0 fully saturated rings. The summed E-state index contributed by atoms with van der Waals surface area (Å²) in [6.07, 6.45) is 6.74. The minimum Gasteiger partial charge on any atom is -0.507 e. The molecule has 594 valence electrons. The zero-order valence-corrected chi connectivity index (χ0v) is 68.8. The van der Waals surface area contributed by atoms with Crippen LogP contribution >= 0.6 is 0 Å². The molecule has 0 amide bonds. The molecule has 19 heteroatoms. The third-order valence-corrected chi connectivity index (χ3v) is 19.7. The van der Waals surface area contributed by atoms with Crippen molar-refractivity contribution in [1.82, 2.24) is 44.9 Å². The van der Waals surface area contributed by atoms with Crippen molar-refractivity contribution in [3.05, 3.63) is 231 Å². The first-order valence-electron chi connectivity index (χ1n) is 39.3. The number of hydrogen-bond acceptors (Lipinski definition) is 19. The van der Waals surface area contributed by atoms with Gasteiger partial charge < -0.3 is 49.2 Å². The highest BCUT2D eigenvalue weighted by molar-refractivity contribution is 5.76. The summed E-state index contributed by atoms with van der Waals surface area (Å²) in [7, 11) is 1.51. The molecule has 12 aromatic rings. The molecule has 0 aliphatic carbocycles. The lowest BCUT2D eigenvalue weighted by atomic mass is 10.0. The molecule has 0 bridgehead atoms. The summed E-state index contributed by atoms with van der Waals surface area (Å²) >= 11 is 0. The van der Waals surface area contributed by atoms with Gasteiger partial charge in [0, 0.05) is 65.3 Å². The van der Waals surface area contributed by atoms with Gasteiger partial charge in [0.25, 0.3) is 0 Å². The number of methoxy groups -OCH3 is 1. The quantitative estimate of drug-likeness (QED) is 0.0262. The highest BCUT2D eigenvalue weighted by Gasteiger charge is 2.23. The number of rotatable bonds is 30. The number of phenolic OH excluding ortho intramolecular Hbond substituents is 3. The number of nitrogens with zero attached hydrogens (tertiary/aromatic N) is 9. The smallest absolute Gasteiger partial charge is 0.167 e. The third kappa shape index (κ3) is 23.2. The molecule has 3 atom stereocenters. The van der Waals surface area contributed by atoms with Crippen LogP contribution in [-0.2, 0) is 9.47 Å². The van der Waals surface area contributed by atoms with E-state index >= 15 is 0 Å². The molecule has 5 N–H and O–H groups in total. The van der Waals surface area contributed by atoms with Crippen LogP contribution in [0.5, 0.6) is 34.5 Å². The lowest BCUT2D eigenvalue weighted by Crippen LogP contribution is -2.24. The largest absolute Gasteiger partial charge is 0.507 e. The predicted molar refractivity (Wildman–Crippen MR) is 454 cm³/mol. The van der Waals surface area contributed by atoms with Crippen molar-refractivity contribution in [2.75, 3.05) is 46.8 Å². The Morgan fingerprint density at radius 1 is 0.289 bits per heavy atom. The van der Waals surface area contributed by atoms with Crippen LogP contribution in [0.15, 0.2) is 164 Å². The van der Waals surface area contributed by atoms with Crippen LogP contribution in [0.1, 0.15) is 132 Å². The Kier molecular flexibility index (Phi) is 30.2. The van der Waals surface area contributed by atoms with Crippen LogP contribution in [0.2, 0.25) is 0 Å². The van der Waals surface area contributed by atoms with Gasteiger partial charge in [-0.1, -0.05) is 202 Å². The van der Waals surface area contributed by atoms with E-state index < -0.39 is 12.2 Å². The molecule has 0 radical (unpaired) electrons. The van der Waals surface area contributed by atoms with Crippen LogP contribution in [0.4, 0.5) is 0 Å². The summed E-state index contributed by atoms with van der Waals surface area (Å²) in [5.41, 5.74) is 20.4. The summed E-state index contributed by atoms with van der Waals surface area (Å²) in [6.45, 7) is 32.8. The summed E-state index contributed by atoms with van der Waals surface area (Å²) in [4.78, 5) is 43.2. The fourth-order valence-corrected chi connectivity index (χ4v) is 13.2. The first-order valence-corrected chi connectivity index (χ1v) is 39.3. The monoisotopic (exact) mass is 1540 g/mol. The molecule has 3 aromatic heterocycles. The van der Waals surface area contributed by atoms with Crippen LogP contribution in [0, 0.1) is 89.0 Å². The first kappa shape index (κ1) is 85.1. The Morgan fingerprint density at radius 3 is 0.807 bits per heavy atom. The second-order valence-electron chi connectivity index (χ2n) is 29.9. The van der Waals surface area contributed by atoms with Gasteiger partial charge in [-0.2, -0.15) is 0 Å². The number of aromatic nitrogens is 9. The molecule has 19 nitrogen and oxygen atoms in total. The van der Waals surface area contributed by atoms with Crippen LogP contribution in [0.25, 0.3) is 102 Å². The maximum absolute atomic E-state index is 11.0. The molecule has 0 saturated heterocycles. The number of unbranched alkanes of at least 4 members (excludes halogenated alkanes) is 5. The number of aliphatic hydroxyl groups is 2. The highest BCUT2D eigenvalue weighted by Crippen LogP contribution is 2.39. The average Bonchev–Trinajstić information content (AvgIpc) is 0.790. The minimum absolute atomic E-state index is 0.0237. The molecule has 12 rings (SSSR count). The van der Waals surface area contributed by atoms with Crippen molar-refractivity contribution < 1.29 is 49.2 Å². The number of benzene rings is 9. The van der Waals surface area contributed by atoms with E-state index in [0.29, 0.717) is 105 Å². The maximum atomic E-state index is 11.0. The van der Waals surface area contributed by atoms with Gasteiger partial charge in [0.15, 0.2) is 52.4 Å². The van der Waals surface area contributed by atoms with E-state index in [0.717, 1.165) is 108 Å². The molecule has 0 aliphatic rings.